The van der Waals surface area contributed by atoms with Gasteiger partial charge in [-0.1, -0.05) is 30.3 Å². The third-order valence-electron chi connectivity index (χ3n) is 3.67. The Bertz CT molecular complexity index is 671. The number of nitrogens with one attached hydrogen (secondary N) is 1. The molecule has 3 rings (SSSR count). The van der Waals surface area contributed by atoms with E-state index in [2.05, 4.69) is 33.4 Å². The Kier molecular flexibility index (Phi) is 3.57. The average Bonchev–Trinajstić information content (AvgIpc) is 2.42. The molecule has 0 bridgehead atoms. The molecule has 1 atom stereocenters. The van der Waals surface area contributed by atoms with Crippen LogP contribution in [0.5, 0.6) is 0 Å². The largest absolute Gasteiger partial charge is 0.351 e. The summed E-state index contributed by atoms with van der Waals surface area (Å²) in [6.45, 7) is 0.582. The first-order chi connectivity index (χ1) is 9.66. The van der Waals surface area contributed by atoms with Crippen LogP contribution in [0.4, 0.5) is 4.39 Å². The fourth-order valence-electron chi connectivity index (χ4n) is 2.54. The molecule has 102 valence electrons. The van der Waals surface area contributed by atoms with E-state index in [0.717, 1.165) is 6.42 Å². The lowest BCUT2D eigenvalue weighted by molar-refractivity contribution is 0.0948. The van der Waals surface area contributed by atoms with Crippen molar-refractivity contribution in [3.63, 3.8) is 0 Å². The average molecular weight is 334 g/mol. The first kappa shape index (κ1) is 13.3. The number of benzene rings is 2. The van der Waals surface area contributed by atoms with Crippen LogP contribution in [0.2, 0.25) is 0 Å². The number of amides is 1. The van der Waals surface area contributed by atoms with Crippen molar-refractivity contribution in [3.05, 3.63) is 69.4 Å². The van der Waals surface area contributed by atoms with Gasteiger partial charge in [-0.15, -0.1) is 0 Å². The van der Waals surface area contributed by atoms with Crippen LogP contribution in [0.15, 0.2) is 46.9 Å². The third kappa shape index (κ3) is 2.36. The Morgan fingerprint density at radius 2 is 2.05 bits per heavy atom. The van der Waals surface area contributed by atoms with E-state index in [0.29, 0.717) is 18.0 Å². The van der Waals surface area contributed by atoms with Crippen molar-refractivity contribution in [2.75, 3.05) is 6.54 Å². The summed E-state index contributed by atoms with van der Waals surface area (Å²) in [5.74, 6) is -0.310. The van der Waals surface area contributed by atoms with Gasteiger partial charge in [-0.25, -0.2) is 4.39 Å². The molecule has 4 heteroatoms. The maximum atomic E-state index is 13.4. The van der Waals surface area contributed by atoms with Crippen molar-refractivity contribution in [2.45, 2.75) is 12.3 Å². The molecule has 1 amide bonds. The highest BCUT2D eigenvalue weighted by Gasteiger charge is 2.25. The Balaban J connectivity index is 1.65. The molecule has 2 aromatic carbocycles. The van der Waals surface area contributed by atoms with Crippen molar-refractivity contribution >= 4 is 21.8 Å². The topological polar surface area (TPSA) is 29.1 Å². The van der Waals surface area contributed by atoms with Crippen LogP contribution in [-0.2, 0) is 6.42 Å². The van der Waals surface area contributed by atoms with E-state index in [1.54, 1.807) is 6.07 Å². The van der Waals surface area contributed by atoms with Gasteiger partial charge in [0.2, 0.25) is 0 Å². The molecule has 1 N–H and O–H groups in total. The van der Waals surface area contributed by atoms with Gasteiger partial charge in [-0.05, 0) is 45.6 Å². The third-order valence-corrected chi connectivity index (χ3v) is 4.47. The van der Waals surface area contributed by atoms with Crippen LogP contribution >= 0.6 is 15.9 Å². The van der Waals surface area contributed by atoms with Gasteiger partial charge in [0.15, 0.2) is 0 Å². The minimum absolute atomic E-state index is 0.214. The first-order valence-electron chi connectivity index (χ1n) is 6.47. The molecule has 1 aliphatic rings. The molecule has 0 fully saturated rings. The van der Waals surface area contributed by atoms with Gasteiger partial charge < -0.3 is 5.32 Å². The summed E-state index contributed by atoms with van der Waals surface area (Å²) >= 11 is 3.11. The Morgan fingerprint density at radius 1 is 1.25 bits per heavy atom. The number of hydrogen-bond donors (Lipinski definition) is 1. The fourth-order valence-corrected chi connectivity index (χ4v) is 2.98. The molecule has 1 aliphatic carbocycles. The molecule has 2 nitrogen and oxygen atoms in total. The lowest BCUT2D eigenvalue weighted by atomic mass is 9.77. The molecule has 0 aliphatic heterocycles. The second kappa shape index (κ2) is 5.37. The minimum Gasteiger partial charge on any atom is -0.351 e. The Morgan fingerprint density at radius 3 is 2.85 bits per heavy atom. The second-order valence-electron chi connectivity index (χ2n) is 4.91. The zero-order chi connectivity index (χ0) is 14.1. The molecular formula is C16H13BrFNO. The van der Waals surface area contributed by atoms with Crippen LogP contribution in [0.3, 0.4) is 0 Å². The molecule has 0 radical (unpaired) electrons. The highest BCUT2D eigenvalue weighted by molar-refractivity contribution is 9.10. The first-order valence-corrected chi connectivity index (χ1v) is 7.26. The van der Waals surface area contributed by atoms with Crippen LogP contribution in [0, 0.1) is 5.82 Å². The quantitative estimate of drug-likeness (QED) is 0.912. The van der Waals surface area contributed by atoms with Gasteiger partial charge in [-0.2, -0.15) is 0 Å². The lowest BCUT2D eigenvalue weighted by Gasteiger charge is -2.30. The summed E-state index contributed by atoms with van der Waals surface area (Å²) in [5.41, 5.74) is 2.97. The van der Waals surface area contributed by atoms with Gasteiger partial charge in [0.1, 0.15) is 5.82 Å². The van der Waals surface area contributed by atoms with Crippen molar-refractivity contribution in [3.8, 4) is 0 Å². The van der Waals surface area contributed by atoms with E-state index in [-0.39, 0.29) is 10.4 Å². The Hall–Kier alpha value is -1.68. The van der Waals surface area contributed by atoms with Crippen LogP contribution in [0.25, 0.3) is 0 Å². The SMILES string of the molecule is O=C(NCC1Cc2ccccc21)c1cccc(F)c1Br. The maximum absolute atomic E-state index is 13.4. The number of fused-ring (bicyclic) bond motifs is 1. The van der Waals surface area contributed by atoms with E-state index in [4.69, 9.17) is 0 Å². The molecule has 0 heterocycles. The molecule has 2 aromatic rings. The van der Waals surface area contributed by atoms with E-state index < -0.39 is 5.82 Å². The predicted octanol–water partition coefficient (Wildman–Crippen LogP) is 3.66. The monoisotopic (exact) mass is 333 g/mol. The summed E-state index contributed by atoms with van der Waals surface area (Å²) in [7, 11) is 0. The second-order valence-corrected chi connectivity index (χ2v) is 5.70. The van der Waals surface area contributed by atoms with Gasteiger partial charge in [0.05, 0.1) is 10.0 Å². The molecule has 0 saturated carbocycles. The van der Waals surface area contributed by atoms with Crippen LogP contribution in [0.1, 0.15) is 27.4 Å². The summed E-state index contributed by atoms with van der Waals surface area (Å²) in [6, 6.07) is 12.7. The number of rotatable bonds is 3. The summed E-state index contributed by atoms with van der Waals surface area (Å²) < 4.78 is 13.6. The van der Waals surface area contributed by atoms with Gasteiger partial charge in [0, 0.05) is 12.5 Å². The zero-order valence-electron chi connectivity index (χ0n) is 10.7. The van der Waals surface area contributed by atoms with E-state index in [1.165, 1.54) is 23.3 Å². The van der Waals surface area contributed by atoms with Crippen molar-refractivity contribution in [2.24, 2.45) is 0 Å². The number of carbonyl (C=O) groups excluding carboxylic acids is 1. The Labute approximate surface area is 125 Å². The predicted molar refractivity (Wildman–Crippen MR) is 79.3 cm³/mol. The minimum atomic E-state index is -0.424. The van der Waals surface area contributed by atoms with Crippen molar-refractivity contribution < 1.29 is 9.18 Å². The molecule has 0 spiro atoms. The standard InChI is InChI=1S/C16H13BrFNO/c17-15-13(6-3-7-14(15)18)16(20)19-9-11-8-10-4-1-2-5-12(10)11/h1-7,11H,8-9H2,(H,19,20). The van der Waals surface area contributed by atoms with E-state index >= 15 is 0 Å². The lowest BCUT2D eigenvalue weighted by Crippen LogP contribution is -2.33. The van der Waals surface area contributed by atoms with Gasteiger partial charge >= 0.3 is 0 Å². The normalized spacial score (nSPS) is 16.2. The number of halogens is 2. The summed E-state index contributed by atoms with van der Waals surface area (Å²) in [4.78, 5) is 12.1. The number of carbonyl (C=O) groups is 1. The zero-order valence-corrected chi connectivity index (χ0v) is 12.3. The van der Waals surface area contributed by atoms with E-state index in [9.17, 15) is 9.18 Å². The number of hydrogen-bond acceptors (Lipinski definition) is 1. The summed E-state index contributed by atoms with van der Waals surface area (Å²) in [6.07, 6.45) is 0.987. The molecule has 0 saturated heterocycles. The highest BCUT2D eigenvalue weighted by atomic mass is 79.9. The van der Waals surface area contributed by atoms with Crippen LogP contribution in [-0.4, -0.2) is 12.5 Å². The molecule has 1 unspecified atom stereocenters. The highest BCUT2D eigenvalue weighted by Crippen LogP contribution is 2.34. The molecule has 0 aromatic heterocycles. The maximum Gasteiger partial charge on any atom is 0.252 e. The van der Waals surface area contributed by atoms with Crippen LogP contribution < -0.4 is 5.32 Å². The molecular weight excluding hydrogens is 321 g/mol. The smallest absolute Gasteiger partial charge is 0.252 e. The summed E-state index contributed by atoms with van der Waals surface area (Å²) in [5, 5.41) is 2.87. The van der Waals surface area contributed by atoms with E-state index in [1.807, 2.05) is 12.1 Å². The van der Waals surface area contributed by atoms with Crippen molar-refractivity contribution in [1.29, 1.82) is 0 Å². The van der Waals surface area contributed by atoms with Gasteiger partial charge in [0.25, 0.3) is 5.91 Å². The fraction of sp³-hybridized carbons (Fsp3) is 0.188. The molecule has 20 heavy (non-hydrogen) atoms. The van der Waals surface area contributed by atoms with Gasteiger partial charge in [-0.3, -0.25) is 4.79 Å². The van der Waals surface area contributed by atoms with Crippen molar-refractivity contribution in [1.82, 2.24) is 5.32 Å².